The van der Waals surface area contributed by atoms with Crippen LogP contribution in [-0.4, -0.2) is 39.6 Å². The molecule has 2 aromatic rings. The minimum atomic E-state index is 0.218. The number of aromatic nitrogens is 2. The van der Waals surface area contributed by atoms with Gasteiger partial charge in [0.25, 0.3) is 0 Å². The molecule has 132 valence electrons. The zero-order valence-electron chi connectivity index (χ0n) is 14.3. The molecule has 25 heavy (non-hydrogen) atoms. The van der Waals surface area contributed by atoms with Crippen LogP contribution < -0.4 is 0 Å². The van der Waals surface area contributed by atoms with E-state index in [0.717, 1.165) is 53.5 Å². The van der Waals surface area contributed by atoms with E-state index < -0.39 is 0 Å². The van der Waals surface area contributed by atoms with Gasteiger partial charge in [-0.25, -0.2) is 9.97 Å². The van der Waals surface area contributed by atoms with E-state index in [1.54, 1.807) is 18.1 Å². The molecule has 0 atom stereocenters. The van der Waals surface area contributed by atoms with Crippen molar-refractivity contribution in [3.05, 3.63) is 58.6 Å². The van der Waals surface area contributed by atoms with Crippen LogP contribution in [0.15, 0.2) is 36.8 Å². The number of likely N-dealkylation sites (tertiary alicyclic amines) is 1. The Morgan fingerprint density at radius 1 is 1.32 bits per heavy atom. The molecule has 1 aromatic heterocycles. The Bertz CT molecular complexity index is 732. The first-order valence-corrected chi connectivity index (χ1v) is 10.0. The molecule has 6 heteroatoms. The zero-order chi connectivity index (χ0) is 17.6. The fraction of sp³-hybridized carbons (Fsp3) is 0.421. The monoisotopic (exact) mass is 375 g/mol. The number of carbonyl (C=O) groups excluding carboxylic acids is 1. The van der Waals surface area contributed by atoms with Gasteiger partial charge in [-0.05, 0) is 37.0 Å². The maximum absolute atomic E-state index is 12.4. The van der Waals surface area contributed by atoms with Gasteiger partial charge in [0.2, 0.25) is 5.91 Å². The van der Waals surface area contributed by atoms with Crippen LogP contribution in [0.5, 0.6) is 0 Å². The summed E-state index contributed by atoms with van der Waals surface area (Å²) in [7, 11) is 0. The average molecular weight is 376 g/mol. The number of halogens is 1. The summed E-state index contributed by atoms with van der Waals surface area (Å²) < 4.78 is 0. The summed E-state index contributed by atoms with van der Waals surface area (Å²) in [6.07, 6.45) is 5.42. The Hall–Kier alpha value is -1.59. The number of hydrogen-bond donors (Lipinski definition) is 0. The van der Waals surface area contributed by atoms with Crippen LogP contribution in [0.1, 0.15) is 35.6 Å². The molecule has 0 radical (unpaired) electrons. The third-order valence-electron chi connectivity index (χ3n) is 4.61. The topological polar surface area (TPSA) is 46.1 Å². The number of rotatable bonds is 5. The minimum absolute atomic E-state index is 0.218. The van der Waals surface area contributed by atoms with E-state index in [4.69, 9.17) is 11.6 Å². The predicted octanol–water partition coefficient (Wildman–Crippen LogP) is 4.08. The van der Waals surface area contributed by atoms with Crippen molar-refractivity contribution in [3.63, 3.8) is 0 Å². The van der Waals surface area contributed by atoms with Gasteiger partial charge in [-0.2, -0.15) is 0 Å². The summed E-state index contributed by atoms with van der Waals surface area (Å²) in [6, 6.07) is 7.79. The van der Waals surface area contributed by atoms with Crippen molar-refractivity contribution in [1.82, 2.24) is 14.9 Å². The van der Waals surface area contributed by atoms with Crippen molar-refractivity contribution in [2.45, 2.75) is 31.4 Å². The van der Waals surface area contributed by atoms with Crippen LogP contribution in [0.4, 0.5) is 0 Å². The van der Waals surface area contributed by atoms with Crippen molar-refractivity contribution in [1.29, 1.82) is 0 Å². The second-order valence-electron chi connectivity index (χ2n) is 6.33. The van der Waals surface area contributed by atoms with E-state index in [1.165, 1.54) is 0 Å². The summed E-state index contributed by atoms with van der Waals surface area (Å²) in [4.78, 5) is 22.9. The number of hydrogen-bond acceptors (Lipinski definition) is 4. The predicted molar refractivity (Wildman–Crippen MR) is 103 cm³/mol. The maximum Gasteiger partial charge on any atom is 0.232 e. The van der Waals surface area contributed by atoms with Gasteiger partial charge in [0.15, 0.2) is 0 Å². The first-order valence-electron chi connectivity index (χ1n) is 8.50. The number of amides is 1. The molecule has 0 N–H and O–H groups in total. The highest BCUT2D eigenvalue weighted by Crippen LogP contribution is 2.28. The third-order valence-corrected chi connectivity index (χ3v) is 5.95. The molecular weight excluding hydrogens is 354 g/mol. The van der Waals surface area contributed by atoms with Crippen molar-refractivity contribution >= 4 is 29.3 Å². The van der Waals surface area contributed by atoms with Gasteiger partial charge < -0.3 is 4.90 Å². The Balaban J connectivity index is 1.46. The standard InChI is InChI=1S/C19H22ClN3OS/c1-14-10-21-13-22-19(14)15-6-8-23(9-7-15)18(24)12-25-11-16-4-2-3-5-17(16)20/h2-5,10,13,15H,6-9,11-12H2,1H3. The van der Waals surface area contributed by atoms with Gasteiger partial charge in [-0.1, -0.05) is 29.8 Å². The molecule has 0 unspecified atom stereocenters. The van der Waals surface area contributed by atoms with Crippen LogP contribution in [0.2, 0.25) is 5.02 Å². The number of carbonyl (C=O) groups is 1. The molecule has 1 saturated heterocycles. The van der Waals surface area contributed by atoms with Crippen LogP contribution >= 0.6 is 23.4 Å². The van der Waals surface area contributed by atoms with Gasteiger partial charge in [-0.15, -0.1) is 11.8 Å². The maximum atomic E-state index is 12.4. The van der Waals surface area contributed by atoms with Crippen LogP contribution in [0, 0.1) is 6.92 Å². The highest BCUT2D eigenvalue weighted by Gasteiger charge is 2.25. The lowest BCUT2D eigenvalue weighted by molar-refractivity contribution is -0.129. The van der Waals surface area contributed by atoms with E-state index in [1.807, 2.05) is 35.4 Å². The van der Waals surface area contributed by atoms with Gasteiger partial charge in [0.05, 0.1) is 5.75 Å². The molecule has 1 aromatic carbocycles. The summed E-state index contributed by atoms with van der Waals surface area (Å²) in [5.74, 6) is 1.92. The Morgan fingerprint density at radius 3 is 2.80 bits per heavy atom. The van der Waals surface area contributed by atoms with Crippen LogP contribution in [-0.2, 0) is 10.5 Å². The first kappa shape index (κ1) is 18.2. The Kier molecular flexibility index (Phi) is 6.32. The van der Waals surface area contributed by atoms with Crippen LogP contribution in [0.3, 0.4) is 0 Å². The number of benzene rings is 1. The van der Waals surface area contributed by atoms with Crippen molar-refractivity contribution in [3.8, 4) is 0 Å². The van der Waals surface area contributed by atoms with E-state index in [9.17, 15) is 4.79 Å². The molecule has 0 spiro atoms. The molecule has 0 aliphatic carbocycles. The molecule has 2 heterocycles. The summed E-state index contributed by atoms with van der Waals surface area (Å²) in [5, 5.41) is 0.767. The SMILES string of the molecule is Cc1cncnc1C1CCN(C(=O)CSCc2ccccc2Cl)CC1. The Morgan fingerprint density at radius 2 is 2.08 bits per heavy atom. The summed E-state index contributed by atoms with van der Waals surface area (Å²) in [6.45, 7) is 3.66. The lowest BCUT2D eigenvalue weighted by Crippen LogP contribution is -2.39. The molecule has 4 nitrogen and oxygen atoms in total. The van der Waals surface area contributed by atoms with E-state index >= 15 is 0 Å². The molecule has 1 fully saturated rings. The Labute approximate surface area is 158 Å². The van der Waals surface area contributed by atoms with Gasteiger partial charge in [-0.3, -0.25) is 4.79 Å². The van der Waals surface area contributed by atoms with Crippen molar-refractivity contribution in [2.24, 2.45) is 0 Å². The van der Waals surface area contributed by atoms with Gasteiger partial charge in [0.1, 0.15) is 6.33 Å². The van der Waals surface area contributed by atoms with Gasteiger partial charge >= 0.3 is 0 Å². The number of nitrogens with zero attached hydrogens (tertiary/aromatic N) is 3. The van der Waals surface area contributed by atoms with Crippen molar-refractivity contribution in [2.75, 3.05) is 18.8 Å². The van der Waals surface area contributed by atoms with E-state index in [-0.39, 0.29) is 5.91 Å². The number of thioether (sulfide) groups is 1. The van der Waals surface area contributed by atoms with E-state index in [0.29, 0.717) is 11.7 Å². The quantitative estimate of drug-likeness (QED) is 0.790. The molecule has 1 aliphatic rings. The minimum Gasteiger partial charge on any atom is -0.342 e. The molecule has 3 rings (SSSR count). The largest absolute Gasteiger partial charge is 0.342 e. The normalized spacial score (nSPS) is 15.4. The fourth-order valence-electron chi connectivity index (χ4n) is 3.19. The summed E-state index contributed by atoms with van der Waals surface area (Å²) >= 11 is 7.78. The number of aryl methyl sites for hydroxylation is 1. The average Bonchev–Trinajstić information content (AvgIpc) is 2.64. The number of piperidine rings is 1. The highest BCUT2D eigenvalue weighted by molar-refractivity contribution is 7.99. The van der Waals surface area contributed by atoms with Gasteiger partial charge in [0, 0.05) is 41.7 Å². The molecule has 0 saturated carbocycles. The van der Waals surface area contributed by atoms with Crippen LogP contribution in [0.25, 0.3) is 0 Å². The molecule has 1 aliphatic heterocycles. The van der Waals surface area contributed by atoms with Crippen molar-refractivity contribution < 1.29 is 4.79 Å². The first-order chi connectivity index (χ1) is 12.1. The molecular formula is C19H22ClN3OS. The second-order valence-corrected chi connectivity index (χ2v) is 7.72. The molecule has 0 bridgehead atoms. The highest BCUT2D eigenvalue weighted by atomic mass is 35.5. The molecule has 1 amide bonds. The second kappa shape index (κ2) is 8.68. The zero-order valence-corrected chi connectivity index (χ0v) is 15.9. The fourth-order valence-corrected chi connectivity index (χ4v) is 4.41. The summed E-state index contributed by atoms with van der Waals surface area (Å²) in [5.41, 5.74) is 3.36. The van der Waals surface area contributed by atoms with E-state index in [2.05, 4.69) is 16.9 Å². The third kappa shape index (κ3) is 4.73. The smallest absolute Gasteiger partial charge is 0.232 e. The lowest BCUT2D eigenvalue weighted by atomic mass is 9.91. The lowest BCUT2D eigenvalue weighted by Gasteiger charge is -2.32.